The van der Waals surface area contributed by atoms with E-state index in [2.05, 4.69) is 5.10 Å². The number of carbonyl (C=O) groups is 1. The van der Waals surface area contributed by atoms with Gasteiger partial charge in [-0.05, 0) is 35.7 Å². The summed E-state index contributed by atoms with van der Waals surface area (Å²) in [7, 11) is 0. The number of carbonyl (C=O) groups excluding carboxylic acids is 1. The minimum Gasteiger partial charge on any atom is -0.271 e. The fraction of sp³-hybridized carbons (Fsp3) is 0.167. The van der Waals surface area contributed by atoms with E-state index in [0.717, 1.165) is 22.4 Å². The second-order valence-corrected chi connectivity index (χ2v) is 7.40. The monoisotopic (exact) mass is 414 g/mol. The number of nitro groups is 1. The zero-order valence-corrected chi connectivity index (χ0v) is 17.1. The molecule has 0 radical (unpaired) electrons. The molecule has 7 heteroatoms. The van der Waals surface area contributed by atoms with Gasteiger partial charge in [-0.15, -0.1) is 0 Å². The van der Waals surface area contributed by atoms with E-state index in [1.54, 1.807) is 12.1 Å². The number of nitrogens with zero attached hydrogens (tertiary/aromatic N) is 4. The van der Waals surface area contributed by atoms with Gasteiger partial charge in [0.1, 0.15) is 6.17 Å². The topological polar surface area (TPSA) is 79.0 Å². The van der Waals surface area contributed by atoms with Crippen molar-refractivity contribution in [1.82, 2.24) is 9.91 Å². The van der Waals surface area contributed by atoms with E-state index in [0.29, 0.717) is 6.54 Å². The summed E-state index contributed by atoms with van der Waals surface area (Å²) < 4.78 is 0. The number of hydrazone groups is 1. The Bertz CT molecular complexity index is 1100. The average molecular weight is 414 g/mol. The maximum atomic E-state index is 13.0. The molecule has 1 unspecified atom stereocenters. The highest BCUT2D eigenvalue weighted by Gasteiger charge is 2.39. The largest absolute Gasteiger partial charge is 0.271 e. The van der Waals surface area contributed by atoms with Crippen molar-refractivity contribution >= 4 is 17.3 Å². The van der Waals surface area contributed by atoms with Crippen molar-refractivity contribution in [2.75, 3.05) is 6.54 Å². The highest BCUT2D eigenvalue weighted by Crippen LogP contribution is 2.33. The predicted octanol–water partition coefficient (Wildman–Crippen LogP) is 4.36. The summed E-state index contributed by atoms with van der Waals surface area (Å²) in [5.74, 6) is -0.116. The van der Waals surface area contributed by atoms with Gasteiger partial charge in [0, 0.05) is 18.7 Å². The van der Waals surface area contributed by atoms with Crippen molar-refractivity contribution in [3.63, 3.8) is 0 Å². The molecule has 1 amide bonds. The Morgan fingerprint density at radius 2 is 1.61 bits per heavy atom. The van der Waals surface area contributed by atoms with Gasteiger partial charge in [0.25, 0.3) is 11.6 Å². The molecule has 0 aliphatic carbocycles. The Morgan fingerprint density at radius 3 is 2.23 bits per heavy atom. The quantitative estimate of drug-likeness (QED) is 0.341. The molecule has 0 spiro atoms. The third kappa shape index (κ3) is 4.51. The molecule has 1 aliphatic rings. The first kappa shape index (κ1) is 20.4. The van der Waals surface area contributed by atoms with E-state index in [1.165, 1.54) is 17.1 Å². The molecule has 1 atom stereocenters. The van der Waals surface area contributed by atoms with Gasteiger partial charge in [-0.1, -0.05) is 60.7 Å². The van der Waals surface area contributed by atoms with Gasteiger partial charge < -0.3 is 0 Å². The lowest BCUT2D eigenvalue weighted by molar-refractivity contribution is -0.384. The molecule has 0 aromatic heterocycles. The molecule has 1 heterocycles. The first-order chi connectivity index (χ1) is 15.0. The number of non-ortho nitro benzene ring substituents is 1. The summed E-state index contributed by atoms with van der Waals surface area (Å²) in [6.45, 7) is 2.64. The second kappa shape index (κ2) is 8.89. The van der Waals surface area contributed by atoms with Crippen LogP contribution in [0, 0.1) is 10.1 Å². The van der Waals surface area contributed by atoms with Crippen LogP contribution in [0.2, 0.25) is 0 Å². The van der Waals surface area contributed by atoms with Crippen LogP contribution < -0.4 is 0 Å². The zero-order valence-electron chi connectivity index (χ0n) is 17.1. The van der Waals surface area contributed by atoms with Gasteiger partial charge in [-0.3, -0.25) is 19.8 Å². The number of nitro benzene ring substituents is 1. The Hall–Kier alpha value is -3.84. The summed E-state index contributed by atoms with van der Waals surface area (Å²) in [4.78, 5) is 25.6. The standard InChI is InChI=1S/C24H22N4O3/c1-18(20-10-6-3-7-11-20)25-27-23(29)17-26(16-19-8-4-2-5-9-19)24(27)21-12-14-22(15-13-21)28(30)31/h2-15,24H,16-17H2,1H3. The van der Waals surface area contributed by atoms with Gasteiger partial charge in [0.2, 0.25) is 0 Å². The van der Waals surface area contributed by atoms with Crippen molar-refractivity contribution in [3.8, 4) is 0 Å². The molecule has 0 bridgehead atoms. The summed E-state index contributed by atoms with van der Waals surface area (Å²) in [5.41, 5.74) is 3.52. The molecule has 0 N–H and O–H groups in total. The number of hydrogen-bond donors (Lipinski definition) is 0. The summed E-state index contributed by atoms with van der Waals surface area (Å²) in [5, 5.41) is 17.2. The van der Waals surface area contributed by atoms with Crippen molar-refractivity contribution in [3.05, 3.63) is 112 Å². The molecule has 1 fully saturated rings. The van der Waals surface area contributed by atoms with Crippen molar-refractivity contribution in [2.24, 2.45) is 5.10 Å². The van der Waals surface area contributed by atoms with Crippen LogP contribution in [0.4, 0.5) is 5.69 Å². The average Bonchev–Trinajstić information content (AvgIpc) is 3.09. The van der Waals surface area contributed by atoms with E-state index in [9.17, 15) is 14.9 Å². The molecule has 7 nitrogen and oxygen atoms in total. The van der Waals surface area contributed by atoms with Crippen molar-refractivity contribution < 1.29 is 9.72 Å². The van der Waals surface area contributed by atoms with E-state index in [-0.39, 0.29) is 18.1 Å². The van der Waals surface area contributed by atoms with Crippen LogP contribution in [0.1, 0.15) is 29.8 Å². The fourth-order valence-corrected chi connectivity index (χ4v) is 3.71. The lowest BCUT2D eigenvalue weighted by Gasteiger charge is -2.28. The highest BCUT2D eigenvalue weighted by atomic mass is 16.6. The number of rotatable bonds is 6. The number of amides is 1. The lowest BCUT2D eigenvalue weighted by atomic mass is 10.1. The predicted molar refractivity (Wildman–Crippen MR) is 118 cm³/mol. The first-order valence-corrected chi connectivity index (χ1v) is 9.98. The van der Waals surface area contributed by atoms with Crippen LogP contribution in [0.25, 0.3) is 0 Å². The molecule has 1 saturated heterocycles. The second-order valence-electron chi connectivity index (χ2n) is 7.40. The molecule has 31 heavy (non-hydrogen) atoms. The van der Waals surface area contributed by atoms with Crippen LogP contribution in [0.5, 0.6) is 0 Å². The summed E-state index contributed by atoms with van der Waals surface area (Å²) in [6, 6.07) is 25.9. The third-order valence-electron chi connectivity index (χ3n) is 5.25. The highest BCUT2D eigenvalue weighted by molar-refractivity contribution is 5.99. The van der Waals surface area contributed by atoms with E-state index in [1.807, 2.05) is 72.5 Å². The maximum Gasteiger partial charge on any atom is 0.269 e. The first-order valence-electron chi connectivity index (χ1n) is 9.98. The maximum absolute atomic E-state index is 13.0. The van der Waals surface area contributed by atoms with Crippen LogP contribution in [-0.4, -0.2) is 33.0 Å². The molecular weight excluding hydrogens is 392 g/mol. The SMILES string of the molecule is CC(=NN1C(=O)CN(Cc2ccccc2)C1c1ccc([N+](=O)[O-])cc1)c1ccccc1. The lowest BCUT2D eigenvalue weighted by Crippen LogP contribution is -2.29. The van der Waals surface area contributed by atoms with Gasteiger partial charge in [0.05, 0.1) is 17.2 Å². The van der Waals surface area contributed by atoms with Gasteiger partial charge >= 0.3 is 0 Å². The van der Waals surface area contributed by atoms with Gasteiger partial charge in [0.15, 0.2) is 0 Å². The van der Waals surface area contributed by atoms with Crippen LogP contribution in [-0.2, 0) is 11.3 Å². The molecule has 0 saturated carbocycles. The number of hydrogen-bond acceptors (Lipinski definition) is 5. The molecule has 3 aromatic rings. The molecule has 1 aliphatic heterocycles. The molecule has 4 rings (SSSR count). The summed E-state index contributed by atoms with van der Waals surface area (Å²) in [6.07, 6.45) is -0.452. The Kier molecular flexibility index (Phi) is 5.86. The third-order valence-corrected chi connectivity index (χ3v) is 5.25. The minimum absolute atomic E-state index is 0.0122. The zero-order chi connectivity index (χ0) is 21.8. The molecule has 156 valence electrons. The smallest absolute Gasteiger partial charge is 0.269 e. The van der Waals surface area contributed by atoms with Crippen LogP contribution in [0.15, 0.2) is 90.0 Å². The van der Waals surface area contributed by atoms with E-state index < -0.39 is 11.1 Å². The Balaban J connectivity index is 1.71. The van der Waals surface area contributed by atoms with Crippen molar-refractivity contribution in [1.29, 1.82) is 0 Å². The molecule has 3 aromatic carbocycles. The van der Waals surface area contributed by atoms with Gasteiger partial charge in [-0.2, -0.15) is 5.10 Å². The van der Waals surface area contributed by atoms with E-state index >= 15 is 0 Å². The Labute approximate surface area is 180 Å². The minimum atomic E-state index is -0.452. The van der Waals surface area contributed by atoms with Crippen LogP contribution in [0.3, 0.4) is 0 Å². The number of benzene rings is 3. The van der Waals surface area contributed by atoms with Crippen molar-refractivity contribution in [2.45, 2.75) is 19.6 Å². The van der Waals surface area contributed by atoms with Crippen LogP contribution >= 0.6 is 0 Å². The fourth-order valence-electron chi connectivity index (χ4n) is 3.71. The van der Waals surface area contributed by atoms with Gasteiger partial charge in [-0.25, -0.2) is 5.01 Å². The Morgan fingerprint density at radius 1 is 1.00 bits per heavy atom. The summed E-state index contributed by atoms with van der Waals surface area (Å²) >= 11 is 0. The normalized spacial score (nSPS) is 17.2. The molecular formula is C24H22N4O3. The van der Waals surface area contributed by atoms with E-state index in [4.69, 9.17) is 0 Å².